The molecule has 0 amide bonds. The molecule has 0 aromatic carbocycles. The monoisotopic (exact) mass is 221 g/mol. The Hall–Kier alpha value is -1.13. The molecule has 0 aliphatic carbocycles. The largest absolute Gasteiger partial charge is 0.506 e. The van der Waals surface area contributed by atoms with Gasteiger partial charge in [-0.2, -0.15) is 0 Å². The SMILES string of the molecule is Cc1ccc(O)c(CN2CCNC(C)C2)n1. The van der Waals surface area contributed by atoms with Crippen LogP contribution in [0.25, 0.3) is 0 Å². The molecule has 0 bridgehead atoms. The third-order valence-corrected chi connectivity index (χ3v) is 2.92. The molecule has 0 saturated carbocycles. The fourth-order valence-corrected chi connectivity index (χ4v) is 2.09. The molecule has 1 aliphatic rings. The van der Waals surface area contributed by atoms with Gasteiger partial charge in [0.25, 0.3) is 0 Å². The molecule has 1 aliphatic heterocycles. The number of piperazine rings is 1. The third kappa shape index (κ3) is 2.71. The first kappa shape index (κ1) is 11.4. The van der Waals surface area contributed by atoms with Crippen LogP contribution < -0.4 is 5.32 Å². The second-order valence-electron chi connectivity index (χ2n) is 4.51. The summed E-state index contributed by atoms with van der Waals surface area (Å²) in [4.78, 5) is 6.70. The summed E-state index contributed by atoms with van der Waals surface area (Å²) < 4.78 is 0. The molecular formula is C12H19N3O. The number of aromatic hydroxyl groups is 1. The summed E-state index contributed by atoms with van der Waals surface area (Å²) in [6, 6.07) is 4.07. The maximum Gasteiger partial charge on any atom is 0.138 e. The van der Waals surface area contributed by atoms with Gasteiger partial charge in [0.05, 0.1) is 5.69 Å². The number of pyridine rings is 1. The number of nitrogens with zero attached hydrogens (tertiary/aromatic N) is 2. The molecule has 1 saturated heterocycles. The van der Waals surface area contributed by atoms with Crippen molar-refractivity contribution in [1.29, 1.82) is 0 Å². The van der Waals surface area contributed by atoms with Gasteiger partial charge in [-0.25, -0.2) is 0 Å². The van der Waals surface area contributed by atoms with E-state index in [2.05, 4.69) is 22.1 Å². The van der Waals surface area contributed by atoms with Crippen molar-refractivity contribution >= 4 is 0 Å². The van der Waals surface area contributed by atoms with E-state index in [4.69, 9.17) is 0 Å². The first-order chi connectivity index (χ1) is 7.65. The topological polar surface area (TPSA) is 48.4 Å². The number of rotatable bonds is 2. The van der Waals surface area contributed by atoms with E-state index < -0.39 is 0 Å². The minimum atomic E-state index is 0.303. The third-order valence-electron chi connectivity index (χ3n) is 2.92. The second kappa shape index (κ2) is 4.80. The average Bonchev–Trinajstić information content (AvgIpc) is 2.24. The number of hydrogen-bond donors (Lipinski definition) is 2. The first-order valence-electron chi connectivity index (χ1n) is 5.76. The van der Waals surface area contributed by atoms with Crippen LogP contribution in [0.5, 0.6) is 5.75 Å². The van der Waals surface area contributed by atoms with Gasteiger partial charge in [0, 0.05) is 37.9 Å². The lowest BCUT2D eigenvalue weighted by molar-refractivity contribution is 0.195. The molecule has 0 spiro atoms. The van der Waals surface area contributed by atoms with E-state index in [-0.39, 0.29) is 0 Å². The highest BCUT2D eigenvalue weighted by atomic mass is 16.3. The summed E-state index contributed by atoms with van der Waals surface area (Å²) >= 11 is 0. The van der Waals surface area contributed by atoms with Crippen LogP contribution in [0, 0.1) is 6.92 Å². The Labute approximate surface area is 96.3 Å². The van der Waals surface area contributed by atoms with E-state index in [0.29, 0.717) is 11.8 Å². The number of aryl methyl sites for hydroxylation is 1. The smallest absolute Gasteiger partial charge is 0.138 e. The van der Waals surface area contributed by atoms with E-state index in [1.807, 2.05) is 13.0 Å². The summed E-state index contributed by atoms with van der Waals surface area (Å²) in [6.45, 7) is 7.89. The van der Waals surface area contributed by atoms with Crippen molar-refractivity contribution in [2.45, 2.75) is 26.4 Å². The summed E-state index contributed by atoms with van der Waals surface area (Å²) in [6.07, 6.45) is 0. The van der Waals surface area contributed by atoms with Crippen molar-refractivity contribution in [3.8, 4) is 5.75 Å². The Balaban J connectivity index is 2.05. The molecule has 1 atom stereocenters. The fourth-order valence-electron chi connectivity index (χ4n) is 2.09. The first-order valence-corrected chi connectivity index (χ1v) is 5.76. The molecule has 2 rings (SSSR count). The molecule has 4 nitrogen and oxygen atoms in total. The normalized spacial score (nSPS) is 22.2. The van der Waals surface area contributed by atoms with Crippen molar-refractivity contribution in [3.05, 3.63) is 23.5 Å². The van der Waals surface area contributed by atoms with Crippen LogP contribution in [-0.4, -0.2) is 40.7 Å². The van der Waals surface area contributed by atoms with E-state index in [1.165, 1.54) is 0 Å². The molecule has 2 N–H and O–H groups in total. The number of nitrogens with one attached hydrogen (secondary N) is 1. The Bertz CT molecular complexity index is 367. The van der Waals surface area contributed by atoms with Crippen LogP contribution in [0.15, 0.2) is 12.1 Å². The van der Waals surface area contributed by atoms with Crippen LogP contribution in [0.1, 0.15) is 18.3 Å². The van der Waals surface area contributed by atoms with Crippen LogP contribution in [0.2, 0.25) is 0 Å². The molecule has 1 aromatic rings. The van der Waals surface area contributed by atoms with E-state index in [9.17, 15) is 5.11 Å². The predicted octanol–water partition coefficient (Wildman–Crippen LogP) is 0.889. The molecule has 1 fully saturated rings. The Morgan fingerprint density at radius 2 is 2.38 bits per heavy atom. The maximum atomic E-state index is 9.73. The van der Waals surface area contributed by atoms with Crippen molar-refractivity contribution < 1.29 is 5.11 Å². The minimum absolute atomic E-state index is 0.303. The van der Waals surface area contributed by atoms with Gasteiger partial charge in [-0.15, -0.1) is 0 Å². The quantitative estimate of drug-likeness (QED) is 0.778. The standard InChI is InChI=1S/C12H19N3O/c1-9-3-4-12(16)11(14-9)8-15-6-5-13-10(2)7-15/h3-4,10,13,16H,5-8H2,1-2H3. The molecule has 16 heavy (non-hydrogen) atoms. The van der Waals surface area contributed by atoms with Crippen molar-refractivity contribution in [1.82, 2.24) is 15.2 Å². The van der Waals surface area contributed by atoms with Gasteiger partial charge in [-0.3, -0.25) is 9.88 Å². The van der Waals surface area contributed by atoms with Crippen molar-refractivity contribution in [2.24, 2.45) is 0 Å². The summed E-state index contributed by atoms with van der Waals surface area (Å²) in [7, 11) is 0. The lowest BCUT2D eigenvalue weighted by atomic mass is 10.2. The number of hydrogen-bond acceptors (Lipinski definition) is 4. The van der Waals surface area contributed by atoms with Crippen molar-refractivity contribution in [2.75, 3.05) is 19.6 Å². The molecule has 4 heteroatoms. The maximum absolute atomic E-state index is 9.73. The van der Waals surface area contributed by atoms with Crippen LogP contribution in [0.3, 0.4) is 0 Å². The highest BCUT2D eigenvalue weighted by Gasteiger charge is 2.17. The lowest BCUT2D eigenvalue weighted by Gasteiger charge is -2.31. The van der Waals surface area contributed by atoms with Gasteiger partial charge in [-0.05, 0) is 26.0 Å². The molecule has 88 valence electrons. The van der Waals surface area contributed by atoms with Gasteiger partial charge < -0.3 is 10.4 Å². The van der Waals surface area contributed by atoms with E-state index >= 15 is 0 Å². The van der Waals surface area contributed by atoms with Gasteiger partial charge in [0.15, 0.2) is 0 Å². The zero-order valence-electron chi connectivity index (χ0n) is 9.90. The molecular weight excluding hydrogens is 202 g/mol. The highest BCUT2D eigenvalue weighted by Crippen LogP contribution is 2.17. The molecule has 2 heterocycles. The lowest BCUT2D eigenvalue weighted by Crippen LogP contribution is -2.48. The zero-order valence-corrected chi connectivity index (χ0v) is 9.90. The zero-order chi connectivity index (χ0) is 11.5. The molecule has 1 aromatic heterocycles. The van der Waals surface area contributed by atoms with Crippen molar-refractivity contribution in [3.63, 3.8) is 0 Å². The summed E-state index contributed by atoms with van der Waals surface area (Å²) in [5, 5.41) is 13.1. The van der Waals surface area contributed by atoms with Crippen LogP contribution in [0.4, 0.5) is 0 Å². The van der Waals surface area contributed by atoms with E-state index in [0.717, 1.165) is 37.6 Å². The Morgan fingerprint density at radius 3 is 3.12 bits per heavy atom. The minimum Gasteiger partial charge on any atom is -0.506 e. The number of aromatic nitrogens is 1. The van der Waals surface area contributed by atoms with Gasteiger partial charge in [0.1, 0.15) is 5.75 Å². The Morgan fingerprint density at radius 1 is 1.56 bits per heavy atom. The molecule has 1 unspecified atom stereocenters. The Kier molecular flexibility index (Phi) is 3.41. The van der Waals surface area contributed by atoms with Gasteiger partial charge >= 0.3 is 0 Å². The van der Waals surface area contributed by atoms with Gasteiger partial charge in [0.2, 0.25) is 0 Å². The fraction of sp³-hybridized carbons (Fsp3) is 0.583. The predicted molar refractivity (Wildman–Crippen MR) is 63.4 cm³/mol. The second-order valence-corrected chi connectivity index (χ2v) is 4.51. The van der Waals surface area contributed by atoms with E-state index in [1.54, 1.807) is 6.07 Å². The summed E-state index contributed by atoms with van der Waals surface area (Å²) in [5.74, 6) is 0.303. The summed E-state index contributed by atoms with van der Waals surface area (Å²) in [5.41, 5.74) is 1.74. The van der Waals surface area contributed by atoms with Crippen LogP contribution in [-0.2, 0) is 6.54 Å². The highest BCUT2D eigenvalue weighted by molar-refractivity contribution is 5.27. The van der Waals surface area contributed by atoms with Gasteiger partial charge in [-0.1, -0.05) is 0 Å². The molecule has 0 radical (unpaired) electrons. The van der Waals surface area contributed by atoms with Crippen LogP contribution >= 0.6 is 0 Å². The average molecular weight is 221 g/mol.